The van der Waals surface area contributed by atoms with Crippen LogP contribution in [0.2, 0.25) is 0 Å². The second-order valence-corrected chi connectivity index (χ2v) is 5.64. The molecule has 2 aromatic rings. The van der Waals surface area contributed by atoms with Crippen molar-refractivity contribution in [3.05, 3.63) is 53.6 Å². The van der Waals surface area contributed by atoms with E-state index in [1.165, 1.54) is 12.1 Å². The zero-order valence-electron chi connectivity index (χ0n) is 13.0. The van der Waals surface area contributed by atoms with Gasteiger partial charge in [0, 0.05) is 24.7 Å². The number of aromatic nitrogens is 2. The van der Waals surface area contributed by atoms with Crippen LogP contribution in [-0.4, -0.2) is 16.3 Å². The lowest BCUT2D eigenvalue weighted by Gasteiger charge is -2.18. The van der Waals surface area contributed by atoms with Crippen LogP contribution in [0.25, 0.3) is 0 Å². The number of hydrogen-bond acceptors (Lipinski definition) is 2. The standard InChI is InChI=1S/C17H24FN3/c1-4-10-19-17(14-5-7-15(18)8-6-14)12-16-9-11-21(20-16)13(2)3/h5-9,11,13,17,19H,4,10,12H2,1-3H3. The van der Waals surface area contributed by atoms with E-state index in [9.17, 15) is 4.39 Å². The van der Waals surface area contributed by atoms with Crippen LogP contribution in [0.3, 0.4) is 0 Å². The van der Waals surface area contributed by atoms with Gasteiger partial charge in [-0.25, -0.2) is 4.39 Å². The van der Waals surface area contributed by atoms with E-state index in [0.29, 0.717) is 6.04 Å². The average molecular weight is 289 g/mol. The van der Waals surface area contributed by atoms with E-state index in [1.54, 1.807) is 0 Å². The fourth-order valence-electron chi connectivity index (χ4n) is 2.30. The largest absolute Gasteiger partial charge is 0.310 e. The molecule has 3 nitrogen and oxygen atoms in total. The third-order valence-corrected chi connectivity index (χ3v) is 3.52. The lowest BCUT2D eigenvalue weighted by Crippen LogP contribution is -2.24. The molecule has 2 rings (SSSR count). The van der Waals surface area contributed by atoms with E-state index >= 15 is 0 Å². The lowest BCUT2D eigenvalue weighted by atomic mass is 10.0. The minimum absolute atomic E-state index is 0.168. The van der Waals surface area contributed by atoms with Crippen LogP contribution in [-0.2, 0) is 6.42 Å². The van der Waals surface area contributed by atoms with Crippen LogP contribution in [0.15, 0.2) is 36.5 Å². The SMILES string of the molecule is CCCNC(Cc1ccn(C(C)C)n1)c1ccc(F)cc1. The molecule has 0 radical (unpaired) electrons. The number of nitrogens with one attached hydrogen (secondary N) is 1. The monoisotopic (exact) mass is 289 g/mol. The van der Waals surface area contributed by atoms with Gasteiger partial charge in [0.2, 0.25) is 0 Å². The predicted molar refractivity (Wildman–Crippen MR) is 83.8 cm³/mol. The summed E-state index contributed by atoms with van der Waals surface area (Å²) in [4.78, 5) is 0. The Morgan fingerprint density at radius 2 is 1.90 bits per heavy atom. The highest BCUT2D eigenvalue weighted by molar-refractivity contribution is 5.21. The third-order valence-electron chi connectivity index (χ3n) is 3.52. The zero-order valence-corrected chi connectivity index (χ0v) is 13.0. The molecule has 1 aromatic carbocycles. The summed E-state index contributed by atoms with van der Waals surface area (Å²) in [5.74, 6) is -0.197. The van der Waals surface area contributed by atoms with E-state index in [-0.39, 0.29) is 11.9 Å². The van der Waals surface area contributed by atoms with Crippen LogP contribution >= 0.6 is 0 Å². The summed E-state index contributed by atoms with van der Waals surface area (Å²) < 4.78 is 15.1. The van der Waals surface area contributed by atoms with E-state index < -0.39 is 0 Å². The normalized spacial score (nSPS) is 12.8. The van der Waals surface area contributed by atoms with Crippen molar-refractivity contribution in [2.24, 2.45) is 0 Å². The van der Waals surface area contributed by atoms with E-state index in [4.69, 9.17) is 0 Å². The summed E-state index contributed by atoms with van der Waals surface area (Å²) >= 11 is 0. The molecular formula is C17H24FN3. The highest BCUT2D eigenvalue weighted by atomic mass is 19.1. The van der Waals surface area contributed by atoms with E-state index in [1.807, 2.05) is 23.0 Å². The topological polar surface area (TPSA) is 29.9 Å². The van der Waals surface area contributed by atoms with Gasteiger partial charge in [-0.15, -0.1) is 0 Å². The van der Waals surface area contributed by atoms with Gasteiger partial charge in [0.05, 0.1) is 5.69 Å². The average Bonchev–Trinajstić information content (AvgIpc) is 2.93. The van der Waals surface area contributed by atoms with Crippen molar-refractivity contribution in [3.8, 4) is 0 Å². The molecule has 21 heavy (non-hydrogen) atoms. The predicted octanol–water partition coefficient (Wildman–Crippen LogP) is 3.89. The van der Waals surface area contributed by atoms with Gasteiger partial charge in [-0.2, -0.15) is 5.10 Å². The molecule has 0 spiro atoms. The highest BCUT2D eigenvalue weighted by Gasteiger charge is 2.14. The molecule has 0 saturated carbocycles. The van der Waals surface area contributed by atoms with Gasteiger partial charge < -0.3 is 5.32 Å². The quantitative estimate of drug-likeness (QED) is 0.838. The van der Waals surface area contributed by atoms with Gasteiger partial charge in [-0.1, -0.05) is 19.1 Å². The molecule has 1 atom stereocenters. The first-order chi connectivity index (χ1) is 10.1. The van der Waals surface area contributed by atoms with Crippen molar-refractivity contribution >= 4 is 0 Å². The van der Waals surface area contributed by atoms with Gasteiger partial charge >= 0.3 is 0 Å². The molecule has 0 fully saturated rings. The fourth-order valence-corrected chi connectivity index (χ4v) is 2.30. The van der Waals surface area contributed by atoms with Crippen molar-refractivity contribution in [1.29, 1.82) is 0 Å². The highest BCUT2D eigenvalue weighted by Crippen LogP contribution is 2.19. The van der Waals surface area contributed by atoms with Crippen molar-refractivity contribution in [2.75, 3.05) is 6.54 Å². The van der Waals surface area contributed by atoms with E-state index in [0.717, 1.165) is 30.6 Å². The molecule has 0 aliphatic heterocycles. The summed E-state index contributed by atoms with van der Waals surface area (Å²) in [6.07, 6.45) is 3.89. The second-order valence-electron chi connectivity index (χ2n) is 5.64. The van der Waals surface area contributed by atoms with Gasteiger partial charge in [0.15, 0.2) is 0 Å². The maximum absolute atomic E-state index is 13.1. The summed E-state index contributed by atoms with van der Waals surface area (Å²) in [7, 11) is 0. The molecule has 0 aliphatic rings. The van der Waals surface area contributed by atoms with Gasteiger partial charge in [0.1, 0.15) is 5.82 Å². The van der Waals surface area contributed by atoms with Crippen molar-refractivity contribution in [2.45, 2.75) is 45.7 Å². The minimum atomic E-state index is -0.197. The first-order valence-electron chi connectivity index (χ1n) is 7.63. The second kappa shape index (κ2) is 7.36. The van der Waals surface area contributed by atoms with Crippen LogP contribution < -0.4 is 5.32 Å². The lowest BCUT2D eigenvalue weighted by molar-refractivity contribution is 0.499. The van der Waals surface area contributed by atoms with Gasteiger partial charge in [-0.05, 0) is 50.6 Å². The molecule has 4 heteroatoms. The Bertz CT molecular complexity index is 545. The molecule has 114 valence electrons. The molecule has 0 amide bonds. The molecule has 1 unspecified atom stereocenters. The van der Waals surface area contributed by atoms with Crippen molar-refractivity contribution in [1.82, 2.24) is 15.1 Å². The maximum Gasteiger partial charge on any atom is 0.123 e. The summed E-state index contributed by atoms with van der Waals surface area (Å²) in [5, 5.41) is 8.12. The molecule has 1 heterocycles. The van der Waals surface area contributed by atoms with Crippen molar-refractivity contribution < 1.29 is 4.39 Å². The van der Waals surface area contributed by atoms with E-state index in [2.05, 4.69) is 37.3 Å². The Kier molecular flexibility index (Phi) is 5.51. The number of halogens is 1. The number of benzene rings is 1. The Morgan fingerprint density at radius 1 is 1.19 bits per heavy atom. The molecule has 0 saturated heterocycles. The smallest absolute Gasteiger partial charge is 0.123 e. The molecule has 0 bridgehead atoms. The minimum Gasteiger partial charge on any atom is -0.310 e. The molecule has 1 aromatic heterocycles. The van der Waals surface area contributed by atoms with Gasteiger partial charge in [-0.3, -0.25) is 4.68 Å². The molecule has 1 N–H and O–H groups in total. The van der Waals surface area contributed by atoms with Crippen LogP contribution in [0.4, 0.5) is 4.39 Å². The molecular weight excluding hydrogens is 265 g/mol. The Balaban J connectivity index is 2.13. The first kappa shape index (κ1) is 15.7. The van der Waals surface area contributed by atoms with Gasteiger partial charge in [0.25, 0.3) is 0 Å². The Labute approximate surface area is 126 Å². The van der Waals surface area contributed by atoms with Crippen LogP contribution in [0.1, 0.15) is 50.5 Å². The van der Waals surface area contributed by atoms with Crippen molar-refractivity contribution in [3.63, 3.8) is 0 Å². The number of hydrogen-bond donors (Lipinski definition) is 1. The summed E-state index contributed by atoms with van der Waals surface area (Å²) in [6, 6.07) is 9.33. The zero-order chi connectivity index (χ0) is 15.2. The summed E-state index contributed by atoms with van der Waals surface area (Å²) in [6.45, 7) is 7.31. The fraction of sp³-hybridized carbons (Fsp3) is 0.471. The number of rotatable bonds is 7. The van der Waals surface area contributed by atoms with Crippen LogP contribution in [0, 0.1) is 5.82 Å². The maximum atomic E-state index is 13.1. The Morgan fingerprint density at radius 3 is 2.48 bits per heavy atom. The number of nitrogens with zero attached hydrogens (tertiary/aromatic N) is 2. The molecule has 0 aliphatic carbocycles. The van der Waals surface area contributed by atoms with Crippen LogP contribution in [0.5, 0.6) is 0 Å². The summed E-state index contributed by atoms with van der Waals surface area (Å²) in [5.41, 5.74) is 2.16. The third kappa shape index (κ3) is 4.39. The Hall–Kier alpha value is -1.68. The first-order valence-corrected chi connectivity index (χ1v) is 7.63.